The average Bonchev–Trinajstić information content (AvgIpc) is 2.71. The molecule has 0 radical (unpaired) electrons. The molecule has 0 atom stereocenters. The van der Waals surface area contributed by atoms with E-state index in [1.807, 2.05) is 54.6 Å². The van der Waals surface area contributed by atoms with Gasteiger partial charge in [0.2, 0.25) is 5.95 Å². The van der Waals surface area contributed by atoms with Gasteiger partial charge in [0.15, 0.2) is 0 Å². The van der Waals surface area contributed by atoms with E-state index >= 15 is 0 Å². The Labute approximate surface area is 176 Å². The zero-order chi connectivity index (χ0) is 19.5. The number of hydrogen-bond acceptors (Lipinski definition) is 5. The number of para-hydroxylation sites is 2. The lowest BCUT2D eigenvalue weighted by atomic mass is 10.2. The maximum atomic E-state index is 5.39. The molecule has 1 aromatic heterocycles. The predicted molar refractivity (Wildman–Crippen MR) is 122 cm³/mol. The number of hydrogen-bond donors (Lipinski definition) is 2. The normalized spacial score (nSPS) is 10.3. The van der Waals surface area contributed by atoms with Crippen LogP contribution in [0, 0.1) is 13.8 Å². The highest BCUT2D eigenvalue weighted by atomic mass is 35.5. The van der Waals surface area contributed by atoms with E-state index in [2.05, 4.69) is 36.6 Å². The molecule has 0 spiro atoms. The summed E-state index contributed by atoms with van der Waals surface area (Å²) < 4.78 is 5.39. The molecule has 0 saturated carbocycles. The third kappa shape index (κ3) is 4.41. The third-order valence-corrected chi connectivity index (χ3v) is 4.69. The minimum absolute atomic E-state index is 0. The molecule has 0 aliphatic rings. The number of anilines is 4. The number of ether oxygens (including phenoxy) is 1. The highest BCUT2D eigenvalue weighted by molar-refractivity contribution is 5.93. The Bertz CT molecular complexity index is 1150. The second-order valence-electron chi connectivity index (χ2n) is 6.66. The Balaban J connectivity index is 0.00000240. The summed E-state index contributed by atoms with van der Waals surface area (Å²) >= 11 is 0. The Morgan fingerprint density at radius 2 is 1.38 bits per heavy atom. The van der Waals surface area contributed by atoms with E-state index in [9.17, 15) is 0 Å². The molecular weight excluding hydrogens is 384 g/mol. The first kappa shape index (κ1) is 20.4. The summed E-state index contributed by atoms with van der Waals surface area (Å²) in [7, 11) is 1.66. The van der Waals surface area contributed by atoms with Crippen LogP contribution in [0.25, 0.3) is 10.9 Å². The Morgan fingerprint density at radius 3 is 2.00 bits per heavy atom. The number of halogens is 1. The molecule has 0 amide bonds. The second-order valence-corrected chi connectivity index (χ2v) is 6.66. The number of methoxy groups -OCH3 is 1. The number of aryl methyl sites for hydroxylation is 2. The lowest BCUT2D eigenvalue weighted by Crippen LogP contribution is -2.04. The van der Waals surface area contributed by atoms with Crippen LogP contribution in [-0.4, -0.2) is 17.1 Å². The fourth-order valence-electron chi connectivity index (χ4n) is 3.06. The SMILES string of the molecule is COc1ccc2nc(Nc3ccccc3C)nc(Nc3ccccc3C)c2c1.Cl. The van der Waals surface area contributed by atoms with Crippen molar-refractivity contribution in [3.05, 3.63) is 77.9 Å². The van der Waals surface area contributed by atoms with E-state index in [1.54, 1.807) is 7.11 Å². The largest absolute Gasteiger partial charge is 0.497 e. The van der Waals surface area contributed by atoms with Crippen LogP contribution in [0.15, 0.2) is 66.7 Å². The zero-order valence-electron chi connectivity index (χ0n) is 16.6. The average molecular weight is 407 g/mol. The standard InChI is InChI=1S/C23H22N4O.ClH/c1-15-8-4-6-10-19(15)24-22-18-14-17(28-3)12-13-21(18)26-23(27-22)25-20-11-7-5-9-16(20)2;/h4-14H,1-3H3,(H2,24,25,26,27);1H. The molecule has 0 aliphatic carbocycles. The van der Waals surface area contributed by atoms with Crippen molar-refractivity contribution in [1.29, 1.82) is 0 Å². The first-order valence-electron chi connectivity index (χ1n) is 9.15. The lowest BCUT2D eigenvalue weighted by molar-refractivity contribution is 0.415. The molecular formula is C23H23ClN4O. The molecule has 4 aromatic rings. The first-order valence-corrected chi connectivity index (χ1v) is 9.15. The van der Waals surface area contributed by atoms with Crippen molar-refractivity contribution in [2.75, 3.05) is 17.7 Å². The molecule has 148 valence electrons. The molecule has 6 heteroatoms. The lowest BCUT2D eigenvalue weighted by Gasteiger charge is -2.14. The van der Waals surface area contributed by atoms with Gasteiger partial charge in [-0.3, -0.25) is 0 Å². The summed E-state index contributed by atoms with van der Waals surface area (Å²) in [5.41, 5.74) is 5.10. The fourth-order valence-corrected chi connectivity index (χ4v) is 3.06. The number of benzene rings is 3. The van der Waals surface area contributed by atoms with Crippen LogP contribution in [0.4, 0.5) is 23.1 Å². The summed E-state index contributed by atoms with van der Waals surface area (Å²) in [6, 6.07) is 22.0. The molecule has 0 aliphatic heterocycles. The monoisotopic (exact) mass is 406 g/mol. The summed E-state index contributed by atoms with van der Waals surface area (Å²) in [6.45, 7) is 4.12. The van der Waals surface area contributed by atoms with Gasteiger partial charge in [0.25, 0.3) is 0 Å². The van der Waals surface area contributed by atoms with Gasteiger partial charge < -0.3 is 15.4 Å². The molecule has 0 bridgehead atoms. The van der Waals surface area contributed by atoms with Crippen LogP contribution >= 0.6 is 12.4 Å². The van der Waals surface area contributed by atoms with Gasteiger partial charge in [0.1, 0.15) is 11.6 Å². The molecule has 0 unspecified atom stereocenters. The number of rotatable bonds is 5. The topological polar surface area (TPSA) is 59.1 Å². The highest BCUT2D eigenvalue weighted by Crippen LogP contribution is 2.30. The van der Waals surface area contributed by atoms with Gasteiger partial charge in [-0.25, -0.2) is 4.98 Å². The van der Waals surface area contributed by atoms with Gasteiger partial charge >= 0.3 is 0 Å². The van der Waals surface area contributed by atoms with Gasteiger partial charge in [-0.2, -0.15) is 4.98 Å². The first-order chi connectivity index (χ1) is 13.6. The summed E-state index contributed by atoms with van der Waals surface area (Å²) in [4.78, 5) is 9.45. The molecule has 29 heavy (non-hydrogen) atoms. The number of nitrogens with one attached hydrogen (secondary N) is 2. The summed E-state index contributed by atoms with van der Waals surface area (Å²) in [6.07, 6.45) is 0. The molecule has 3 aromatic carbocycles. The summed E-state index contributed by atoms with van der Waals surface area (Å²) in [5.74, 6) is 2.04. The smallest absolute Gasteiger partial charge is 0.229 e. The van der Waals surface area contributed by atoms with Gasteiger partial charge in [-0.1, -0.05) is 36.4 Å². The van der Waals surface area contributed by atoms with E-state index in [-0.39, 0.29) is 12.4 Å². The number of fused-ring (bicyclic) bond motifs is 1. The Kier molecular flexibility index (Phi) is 6.20. The number of nitrogens with zero attached hydrogens (tertiary/aromatic N) is 2. The van der Waals surface area contributed by atoms with Crippen LogP contribution in [0.3, 0.4) is 0 Å². The number of aromatic nitrogens is 2. The molecule has 4 rings (SSSR count). The van der Waals surface area contributed by atoms with E-state index < -0.39 is 0 Å². The van der Waals surface area contributed by atoms with Crippen molar-refractivity contribution >= 4 is 46.5 Å². The van der Waals surface area contributed by atoms with Crippen molar-refractivity contribution in [3.63, 3.8) is 0 Å². The van der Waals surface area contributed by atoms with Gasteiger partial charge in [0, 0.05) is 16.8 Å². The maximum absolute atomic E-state index is 5.39. The van der Waals surface area contributed by atoms with Crippen LogP contribution in [-0.2, 0) is 0 Å². The van der Waals surface area contributed by atoms with Crippen LogP contribution in [0.1, 0.15) is 11.1 Å². The van der Waals surface area contributed by atoms with Gasteiger partial charge in [-0.15, -0.1) is 12.4 Å². The zero-order valence-corrected chi connectivity index (χ0v) is 17.4. The quantitative estimate of drug-likeness (QED) is 0.415. The van der Waals surface area contributed by atoms with Crippen molar-refractivity contribution in [2.24, 2.45) is 0 Å². The minimum Gasteiger partial charge on any atom is -0.497 e. The van der Waals surface area contributed by atoms with E-state index in [4.69, 9.17) is 14.7 Å². The predicted octanol–water partition coefficient (Wildman–Crippen LogP) is 6.16. The van der Waals surface area contributed by atoms with Crippen LogP contribution in [0.5, 0.6) is 5.75 Å². The van der Waals surface area contributed by atoms with Gasteiger partial charge in [-0.05, 0) is 55.3 Å². The maximum Gasteiger partial charge on any atom is 0.229 e. The summed E-state index contributed by atoms with van der Waals surface area (Å²) in [5, 5.41) is 7.70. The second kappa shape index (κ2) is 8.80. The molecule has 2 N–H and O–H groups in total. The molecule has 0 fully saturated rings. The van der Waals surface area contributed by atoms with Crippen molar-refractivity contribution < 1.29 is 4.74 Å². The Hall–Kier alpha value is -3.31. The minimum atomic E-state index is 0. The van der Waals surface area contributed by atoms with E-state index in [0.717, 1.165) is 45.0 Å². The highest BCUT2D eigenvalue weighted by Gasteiger charge is 2.11. The van der Waals surface area contributed by atoms with Crippen LogP contribution < -0.4 is 15.4 Å². The Morgan fingerprint density at radius 1 is 0.759 bits per heavy atom. The molecule has 5 nitrogen and oxygen atoms in total. The van der Waals surface area contributed by atoms with Crippen LogP contribution in [0.2, 0.25) is 0 Å². The van der Waals surface area contributed by atoms with Crippen molar-refractivity contribution in [1.82, 2.24) is 9.97 Å². The van der Waals surface area contributed by atoms with E-state index in [0.29, 0.717) is 5.95 Å². The molecule has 0 saturated heterocycles. The molecule has 1 heterocycles. The van der Waals surface area contributed by atoms with Crippen molar-refractivity contribution in [3.8, 4) is 5.75 Å². The fraction of sp³-hybridized carbons (Fsp3) is 0.130. The van der Waals surface area contributed by atoms with Gasteiger partial charge in [0.05, 0.1) is 12.6 Å². The third-order valence-electron chi connectivity index (χ3n) is 4.69. The van der Waals surface area contributed by atoms with Crippen molar-refractivity contribution in [2.45, 2.75) is 13.8 Å². The van der Waals surface area contributed by atoms with E-state index in [1.165, 1.54) is 0 Å².